The second-order valence-electron chi connectivity index (χ2n) is 4.04. The van der Waals surface area contributed by atoms with Gasteiger partial charge in [0.25, 0.3) is 0 Å². The van der Waals surface area contributed by atoms with E-state index >= 15 is 0 Å². The highest BCUT2D eigenvalue weighted by Crippen LogP contribution is 2.23. The van der Waals surface area contributed by atoms with Crippen LogP contribution in [0.5, 0.6) is 0 Å². The average molecular weight is 342 g/mol. The Balaban J connectivity index is 2.19. The van der Waals surface area contributed by atoms with Gasteiger partial charge < -0.3 is 10.7 Å². The normalized spacial score (nSPS) is 10.5. The van der Waals surface area contributed by atoms with Crippen molar-refractivity contribution in [2.45, 2.75) is 26.8 Å². The number of hydrogen-bond donors (Lipinski definition) is 3. The van der Waals surface area contributed by atoms with E-state index in [1.165, 1.54) is 4.88 Å². The Labute approximate surface area is 124 Å². The number of aryl methyl sites for hydroxylation is 1. The number of hydrazine groups is 1. The van der Waals surface area contributed by atoms with Crippen molar-refractivity contribution in [1.29, 1.82) is 0 Å². The smallest absolute Gasteiger partial charge is 0.148 e. The van der Waals surface area contributed by atoms with Crippen molar-refractivity contribution < 1.29 is 0 Å². The SMILES string of the molecule is CCc1nc(NN)c(C)c(NCc2cc(Br)cs2)n1. The molecule has 2 aromatic rings. The van der Waals surface area contributed by atoms with Crippen LogP contribution in [-0.2, 0) is 13.0 Å². The number of nitrogens with one attached hydrogen (secondary N) is 2. The van der Waals surface area contributed by atoms with E-state index in [1.807, 2.05) is 13.8 Å². The molecule has 0 aromatic carbocycles. The molecule has 0 aliphatic carbocycles. The Morgan fingerprint density at radius 2 is 2.11 bits per heavy atom. The lowest BCUT2D eigenvalue weighted by molar-refractivity contribution is 0.922. The average Bonchev–Trinajstić information content (AvgIpc) is 2.83. The zero-order chi connectivity index (χ0) is 13.8. The Hall–Kier alpha value is -1.18. The highest BCUT2D eigenvalue weighted by Gasteiger charge is 2.09. The second-order valence-corrected chi connectivity index (χ2v) is 5.96. The molecule has 0 aliphatic heterocycles. The van der Waals surface area contributed by atoms with Crippen LogP contribution in [0, 0.1) is 6.92 Å². The summed E-state index contributed by atoms with van der Waals surface area (Å²) in [7, 11) is 0. The van der Waals surface area contributed by atoms with Crippen molar-refractivity contribution in [1.82, 2.24) is 9.97 Å². The minimum Gasteiger partial charge on any atom is -0.365 e. The van der Waals surface area contributed by atoms with Gasteiger partial charge >= 0.3 is 0 Å². The first-order valence-electron chi connectivity index (χ1n) is 5.95. The van der Waals surface area contributed by atoms with Crippen molar-refractivity contribution in [2.75, 3.05) is 10.7 Å². The molecule has 0 fully saturated rings. The molecule has 0 saturated heterocycles. The molecule has 2 rings (SSSR count). The summed E-state index contributed by atoms with van der Waals surface area (Å²) >= 11 is 5.15. The Morgan fingerprint density at radius 1 is 1.37 bits per heavy atom. The van der Waals surface area contributed by atoms with E-state index < -0.39 is 0 Å². The zero-order valence-electron chi connectivity index (χ0n) is 10.8. The van der Waals surface area contributed by atoms with E-state index in [1.54, 1.807) is 11.3 Å². The van der Waals surface area contributed by atoms with Crippen LogP contribution in [-0.4, -0.2) is 9.97 Å². The molecule has 0 saturated carbocycles. The zero-order valence-corrected chi connectivity index (χ0v) is 13.2. The van der Waals surface area contributed by atoms with Crippen molar-refractivity contribution in [3.8, 4) is 0 Å². The summed E-state index contributed by atoms with van der Waals surface area (Å²) < 4.78 is 1.10. The van der Waals surface area contributed by atoms with Gasteiger partial charge in [0, 0.05) is 26.7 Å². The van der Waals surface area contributed by atoms with Crippen LogP contribution in [0.25, 0.3) is 0 Å². The predicted molar refractivity (Wildman–Crippen MR) is 83.3 cm³/mol. The van der Waals surface area contributed by atoms with E-state index in [2.05, 4.69) is 48.1 Å². The maximum absolute atomic E-state index is 5.48. The third-order valence-electron chi connectivity index (χ3n) is 2.70. The molecular weight excluding hydrogens is 326 g/mol. The third kappa shape index (κ3) is 3.43. The van der Waals surface area contributed by atoms with Gasteiger partial charge in [-0.2, -0.15) is 0 Å². The molecule has 2 aromatic heterocycles. The molecule has 7 heteroatoms. The fourth-order valence-electron chi connectivity index (χ4n) is 1.65. The Bertz CT molecular complexity index is 569. The maximum atomic E-state index is 5.48. The van der Waals surface area contributed by atoms with Gasteiger partial charge in [0.05, 0.1) is 6.54 Å². The first-order valence-corrected chi connectivity index (χ1v) is 7.62. The lowest BCUT2D eigenvalue weighted by Crippen LogP contribution is -2.14. The van der Waals surface area contributed by atoms with Gasteiger partial charge in [0.1, 0.15) is 17.5 Å². The van der Waals surface area contributed by atoms with Crippen molar-refractivity contribution in [3.05, 3.63) is 32.2 Å². The van der Waals surface area contributed by atoms with Gasteiger partial charge in [-0.3, -0.25) is 0 Å². The molecule has 2 heterocycles. The molecule has 0 bridgehead atoms. The summed E-state index contributed by atoms with van der Waals surface area (Å²) in [5.41, 5.74) is 3.54. The predicted octanol–water partition coefficient (Wildman–Crippen LogP) is 3.07. The van der Waals surface area contributed by atoms with Crippen molar-refractivity contribution >= 4 is 38.9 Å². The van der Waals surface area contributed by atoms with Crippen LogP contribution in [0.2, 0.25) is 0 Å². The van der Waals surface area contributed by atoms with Crippen LogP contribution in [0.15, 0.2) is 15.9 Å². The molecule has 0 aliphatic rings. The van der Waals surface area contributed by atoms with Gasteiger partial charge in [-0.25, -0.2) is 15.8 Å². The quantitative estimate of drug-likeness (QED) is 0.575. The highest BCUT2D eigenvalue weighted by molar-refractivity contribution is 9.10. The third-order valence-corrected chi connectivity index (χ3v) is 4.39. The van der Waals surface area contributed by atoms with Gasteiger partial charge in [0.15, 0.2) is 0 Å². The van der Waals surface area contributed by atoms with Crippen LogP contribution < -0.4 is 16.6 Å². The summed E-state index contributed by atoms with van der Waals surface area (Å²) in [6, 6.07) is 2.09. The van der Waals surface area contributed by atoms with E-state index in [-0.39, 0.29) is 0 Å². The topological polar surface area (TPSA) is 75.9 Å². The van der Waals surface area contributed by atoms with E-state index in [0.717, 1.165) is 34.6 Å². The summed E-state index contributed by atoms with van der Waals surface area (Å²) in [4.78, 5) is 10.1. The fraction of sp³-hybridized carbons (Fsp3) is 0.333. The Kier molecular flexibility index (Phi) is 4.73. The molecule has 102 valence electrons. The highest BCUT2D eigenvalue weighted by atomic mass is 79.9. The minimum atomic E-state index is 0.668. The molecular formula is C12H16BrN5S. The number of anilines is 2. The molecule has 0 unspecified atom stereocenters. The lowest BCUT2D eigenvalue weighted by atomic mass is 10.3. The Morgan fingerprint density at radius 3 is 2.68 bits per heavy atom. The molecule has 0 radical (unpaired) electrons. The van der Waals surface area contributed by atoms with E-state index in [4.69, 9.17) is 5.84 Å². The van der Waals surface area contributed by atoms with Crippen LogP contribution in [0.1, 0.15) is 23.2 Å². The number of nitrogen functional groups attached to an aromatic ring is 1. The molecule has 19 heavy (non-hydrogen) atoms. The number of aromatic nitrogens is 2. The molecule has 4 N–H and O–H groups in total. The van der Waals surface area contributed by atoms with E-state index in [9.17, 15) is 0 Å². The number of nitrogens with two attached hydrogens (primary N) is 1. The number of rotatable bonds is 5. The number of nitrogens with zero attached hydrogens (tertiary/aromatic N) is 2. The molecule has 0 spiro atoms. The second kappa shape index (κ2) is 6.31. The summed E-state index contributed by atoms with van der Waals surface area (Å²) in [5, 5.41) is 5.40. The molecule has 5 nitrogen and oxygen atoms in total. The molecule has 0 atom stereocenters. The van der Waals surface area contributed by atoms with Crippen LogP contribution in [0.4, 0.5) is 11.6 Å². The summed E-state index contributed by atoms with van der Waals surface area (Å²) in [5.74, 6) is 7.74. The minimum absolute atomic E-state index is 0.668. The van der Waals surface area contributed by atoms with Gasteiger partial charge in [-0.15, -0.1) is 11.3 Å². The van der Waals surface area contributed by atoms with Gasteiger partial charge in [-0.05, 0) is 28.9 Å². The summed E-state index contributed by atoms with van der Waals surface area (Å²) in [6.45, 7) is 4.70. The first-order chi connectivity index (χ1) is 9.13. The van der Waals surface area contributed by atoms with Crippen LogP contribution in [0.3, 0.4) is 0 Å². The standard InChI is InChI=1S/C12H16BrN5S/c1-3-10-16-11(7(2)12(17-10)18-14)15-5-9-4-8(13)6-19-9/h4,6H,3,5,14H2,1-2H3,(H2,15,16,17,18). The van der Waals surface area contributed by atoms with Crippen molar-refractivity contribution in [3.63, 3.8) is 0 Å². The number of halogens is 1. The molecule has 0 amide bonds. The fourth-order valence-corrected chi connectivity index (χ4v) is 3.04. The van der Waals surface area contributed by atoms with Gasteiger partial charge in [0.2, 0.25) is 0 Å². The van der Waals surface area contributed by atoms with E-state index in [0.29, 0.717) is 5.82 Å². The monoisotopic (exact) mass is 341 g/mol. The van der Waals surface area contributed by atoms with Gasteiger partial charge in [-0.1, -0.05) is 6.92 Å². The summed E-state index contributed by atoms with van der Waals surface area (Å²) in [6.07, 6.45) is 0.772. The largest absolute Gasteiger partial charge is 0.365 e. The first kappa shape index (κ1) is 14.2. The maximum Gasteiger partial charge on any atom is 0.148 e. The lowest BCUT2D eigenvalue weighted by Gasteiger charge is -2.12. The van der Waals surface area contributed by atoms with Crippen LogP contribution >= 0.6 is 27.3 Å². The van der Waals surface area contributed by atoms with Crippen molar-refractivity contribution in [2.24, 2.45) is 5.84 Å². The number of thiophene rings is 1. The number of hydrogen-bond acceptors (Lipinski definition) is 6.